The molecule has 1 aromatic heterocycles. The van der Waals surface area contributed by atoms with Crippen LogP contribution in [0.5, 0.6) is 0 Å². The van der Waals surface area contributed by atoms with Crippen molar-refractivity contribution < 1.29 is 9.59 Å². The predicted molar refractivity (Wildman–Crippen MR) is 118 cm³/mol. The molecule has 0 bridgehead atoms. The Morgan fingerprint density at radius 1 is 0.967 bits per heavy atom. The Morgan fingerprint density at radius 2 is 1.73 bits per heavy atom. The summed E-state index contributed by atoms with van der Waals surface area (Å²) in [5, 5.41) is 8.07. The first-order chi connectivity index (χ1) is 14.5. The second-order valence-electron chi connectivity index (χ2n) is 7.15. The number of nitrogens with zero attached hydrogens (tertiary/aromatic N) is 3. The zero-order valence-electron chi connectivity index (χ0n) is 16.1. The van der Waals surface area contributed by atoms with Gasteiger partial charge in [-0.2, -0.15) is 5.10 Å². The van der Waals surface area contributed by atoms with Gasteiger partial charge < -0.3 is 10.2 Å². The molecule has 0 spiro atoms. The number of likely N-dealkylation sites (tertiary alicyclic amines) is 1. The van der Waals surface area contributed by atoms with E-state index in [4.69, 9.17) is 23.2 Å². The normalized spacial score (nSPS) is 13.9. The lowest BCUT2D eigenvalue weighted by molar-refractivity contribution is 0.0725. The number of rotatable bonds is 4. The monoisotopic (exact) mass is 442 g/mol. The molecule has 1 aliphatic heterocycles. The van der Waals surface area contributed by atoms with Crippen molar-refractivity contribution in [3.8, 4) is 5.69 Å². The number of hydrogen-bond acceptors (Lipinski definition) is 3. The van der Waals surface area contributed by atoms with Crippen molar-refractivity contribution >= 4 is 40.7 Å². The van der Waals surface area contributed by atoms with Gasteiger partial charge in [0.25, 0.3) is 11.8 Å². The van der Waals surface area contributed by atoms with Crippen LogP contribution in [0.15, 0.2) is 54.9 Å². The molecule has 1 aliphatic rings. The maximum absolute atomic E-state index is 13.0. The molecule has 2 heterocycles. The quantitative estimate of drug-likeness (QED) is 0.613. The topological polar surface area (TPSA) is 67.2 Å². The predicted octanol–water partition coefficient (Wildman–Crippen LogP) is 5.06. The zero-order valence-corrected chi connectivity index (χ0v) is 17.7. The first-order valence-corrected chi connectivity index (χ1v) is 10.5. The van der Waals surface area contributed by atoms with E-state index in [1.54, 1.807) is 41.2 Å². The minimum atomic E-state index is -0.377. The summed E-state index contributed by atoms with van der Waals surface area (Å²) >= 11 is 12.2. The van der Waals surface area contributed by atoms with Crippen molar-refractivity contribution in [3.05, 3.63) is 76.0 Å². The number of piperidine rings is 1. The summed E-state index contributed by atoms with van der Waals surface area (Å²) in [6.45, 7) is 1.45. The summed E-state index contributed by atoms with van der Waals surface area (Å²) in [6, 6.07) is 12.1. The van der Waals surface area contributed by atoms with Crippen molar-refractivity contribution in [3.63, 3.8) is 0 Å². The smallest absolute Gasteiger partial charge is 0.258 e. The molecule has 2 amide bonds. The van der Waals surface area contributed by atoms with Gasteiger partial charge >= 0.3 is 0 Å². The van der Waals surface area contributed by atoms with Gasteiger partial charge in [-0.3, -0.25) is 9.59 Å². The largest absolute Gasteiger partial charge is 0.339 e. The van der Waals surface area contributed by atoms with Gasteiger partial charge in [0.05, 0.1) is 28.7 Å². The Balaban J connectivity index is 1.56. The molecule has 0 aliphatic carbocycles. The summed E-state index contributed by atoms with van der Waals surface area (Å²) in [5.74, 6) is -0.477. The lowest BCUT2D eigenvalue weighted by atomic mass is 10.1. The van der Waals surface area contributed by atoms with Crippen molar-refractivity contribution in [1.29, 1.82) is 0 Å². The van der Waals surface area contributed by atoms with Crippen LogP contribution in [-0.4, -0.2) is 39.6 Å². The van der Waals surface area contributed by atoms with Gasteiger partial charge in [-0.05, 0) is 55.7 Å². The minimum Gasteiger partial charge on any atom is -0.339 e. The van der Waals surface area contributed by atoms with Crippen LogP contribution in [0, 0.1) is 0 Å². The maximum atomic E-state index is 13.0. The number of aromatic nitrogens is 2. The molecule has 0 saturated carbocycles. The van der Waals surface area contributed by atoms with Gasteiger partial charge in [0.15, 0.2) is 0 Å². The fourth-order valence-electron chi connectivity index (χ4n) is 3.47. The highest BCUT2D eigenvalue weighted by molar-refractivity contribution is 6.31. The van der Waals surface area contributed by atoms with Crippen LogP contribution in [0.1, 0.15) is 40.0 Å². The maximum Gasteiger partial charge on any atom is 0.258 e. The lowest BCUT2D eigenvalue weighted by Crippen LogP contribution is -2.36. The molecule has 1 N–H and O–H groups in total. The van der Waals surface area contributed by atoms with Gasteiger partial charge in [-0.1, -0.05) is 29.3 Å². The van der Waals surface area contributed by atoms with E-state index >= 15 is 0 Å². The van der Waals surface area contributed by atoms with Crippen LogP contribution in [0.25, 0.3) is 5.69 Å². The molecule has 0 atom stereocenters. The number of halogens is 2. The van der Waals surface area contributed by atoms with Gasteiger partial charge in [0, 0.05) is 29.3 Å². The molecule has 3 aromatic rings. The van der Waals surface area contributed by atoms with Crippen molar-refractivity contribution in [2.45, 2.75) is 19.3 Å². The number of benzene rings is 2. The Kier molecular flexibility index (Phi) is 6.06. The SMILES string of the molecule is O=C(Nc1cc(Cl)ccc1C(=O)N1CCCCC1)c1cnn(-c2cccc(Cl)c2)c1. The summed E-state index contributed by atoms with van der Waals surface area (Å²) in [7, 11) is 0. The molecule has 8 heteroatoms. The first-order valence-electron chi connectivity index (χ1n) is 9.72. The van der Waals surface area contributed by atoms with Crippen LogP contribution in [0.4, 0.5) is 5.69 Å². The van der Waals surface area contributed by atoms with Crippen molar-refractivity contribution in [1.82, 2.24) is 14.7 Å². The molecule has 2 aromatic carbocycles. The number of nitrogens with one attached hydrogen (secondary N) is 1. The van der Waals surface area contributed by atoms with Crippen molar-refractivity contribution in [2.75, 3.05) is 18.4 Å². The van der Waals surface area contributed by atoms with Crippen molar-refractivity contribution in [2.24, 2.45) is 0 Å². The third-order valence-corrected chi connectivity index (χ3v) is 5.49. The average molecular weight is 443 g/mol. The Labute approximate surface area is 184 Å². The van der Waals surface area contributed by atoms with Gasteiger partial charge in [-0.15, -0.1) is 0 Å². The molecule has 4 rings (SSSR count). The van der Waals surface area contributed by atoms with Crippen LogP contribution >= 0.6 is 23.2 Å². The number of anilines is 1. The van der Waals surface area contributed by atoms with Gasteiger partial charge in [-0.25, -0.2) is 4.68 Å². The van der Waals surface area contributed by atoms with Gasteiger partial charge in [0.1, 0.15) is 0 Å². The molecule has 30 heavy (non-hydrogen) atoms. The van der Waals surface area contributed by atoms with E-state index in [0.29, 0.717) is 26.9 Å². The molecule has 6 nitrogen and oxygen atoms in total. The molecule has 154 valence electrons. The molecular formula is C22H20Cl2N4O2. The second-order valence-corrected chi connectivity index (χ2v) is 8.02. The van der Waals surface area contributed by atoms with Crippen LogP contribution in [-0.2, 0) is 0 Å². The first kappa shape index (κ1) is 20.4. The highest BCUT2D eigenvalue weighted by Crippen LogP contribution is 2.25. The van der Waals surface area contributed by atoms with Crippen LogP contribution in [0.2, 0.25) is 10.0 Å². The molecule has 0 radical (unpaired) electrons. The van der Waals surface area contributed by atoms with E-state index in [2.05, 4.69) is 10.4 Å². The zero-order chi connectivity index (χ0) is 21.1. The summed E-state index contributed by atoms with van der Waals surface area (Å²) in [5.41, 5.74) is 1.91. The van der Waals surface area contributed by atoms with E-state index in [9.17, 15) is 9.59 Å². The Hall–Kier alpha value is -2.83. The number of carbonyl (C=O) groups is 2. The second kappa shape index (κ2) is 8.90. The van der Waals surface area contributed by atoms with E-state index in [0.717, 1.165) is 38.0 Å². The van der Waals surface area contributed by atoms with Crippen LogP contribution < -0.4 is 5.32 Å². The highest BCUT2D eigenvalue weighted by atomic mass is 35.5. The van der Waals surface area contributed by atoms with Crippen LogP contribution in [0.3, 0.4) is 0 Å². The fraction of sp³-hybridized carbons (Fsp3) is 0.227. The Morgan fingerprint density at radius 3 is 2.50 bits per heavy atom. The summed E-state index contributed by atoms with van der Waals surface area (Å²) < 4.78 is 1.57. The molecular weight excluding hydrogens is 423 g/mol. The number of amides is 2. The van der Waals surface area contributed by atoms with E-state index in [1.165, 1.54) is 6.20 Å². The molecule has 0 unspecified atom stereocenters. The third-order valence-electron chi connectivity index (χ3n) is 5.02. The minimum absolute atomic E-state index is 0.101. The van der Waals surface area contributed by atoms with E-state index in [1.807, 2.05) is 17.0 Å². The van der Waals surface area contributed by atoms with E-state index in [-0.39, 0.29) is 11.8 Å². The third kappa shape index (κ3) is 4.50. The highest BCUT2D eigenvalue weighted by Gasteiger charge is 2.22. The molecule has 1 saturated heterocycles. The average Bonchev–Trinajstić information content (AvgIpc) is 3.25. The summed E-state index contributed by atoms with van der Waals surface area (Å²) in [6.07, 6.45) is 6.18. The van der Waals surface area contributed by atoms with Gasteiger partial charge in [0.2, 0.25) is 0 Å². The summed E-state index contributed by atoms with van der Waals surface area (Å²) in [4.78, 5) is 27.6. The lowest BCUT2D eigenvalue weighted by Gasteiger charge is -2.27. The Bertz CT molecular complexity index is 1090. The standard InChI is InChI=1S/C22H20Cl2N4O2/c23-16-5-4-6-18(11-16)28-14-15(13-25-28)21(29)26-20-12-17(24)7-8-19(20)22(30)27-9-2-1-3-10-27/h4-8,11-14H,1-3,9-10H2,(H,26,29). The number of carbonyl (C=O) groups excluding carboxylic acids is 2. The van der Waals surface area contributed by atoms with E-state index < -0.39 is 0 Å². The number of hydrogen-bond donors (Lipinski definition) is 1. The molecule has 1 fully saturated rings. The fourth-order valence-corrected chi connectivity index (χ4v) is 3.82.